The molecular weight excluding hydrogens is 270 g/mol. The van der Waals surface area contributed by atoms with Crippen LogP contribution in [0.4, 0.5) is 0 Å². The van der Waals surface area contributed by atoms with E-state index in [-0.39, 0.29) is 17.8 Å². The predicted molar refractivity (Wildman–Crippen MR) is 69.5 cm³/mol. The maximum absolute atomic E-state index is 11.5. The molecule has 0 radical (unpaired) electrons. The summed E-state index contributed by atoms with van der Waals surface area (Å²) in [6, 6.07) is 0.0324. The Morgan fingerprint density at radius 1 is 1.63 bits per heavy atom. The average Bonchev–Trinajstić information content (AvgIpc) is 2.92. The van der Waals surface area contributed by atoms with Crippen LogP contribution in [-0.4, -0.2) is 43.8 Å². The largest absolute Gasteiger partial charge is 0.479 e. The van der Waals surface area contributed by atoms with Crippen molar-refractivity contribution in [3.8, 4) is 0 Å². The number of H-pyrrole nitrogens is 1. The zero-order valence-electron chi connectivity index (χ0n) is 10.8. The number of carboxylic acids is 1. The molecule has 19 heavy (non-hydrogen) atoms. The van der Waals surface area contributed by atoms with Crippen molar-refractivity contribution < 1.29 is 14.6 Å². The molecule has 0 bridgehead atoms. The number of hydrogen-bond acceptors (Lipinski definition) is 5. The summed E-state index contributed by atoms with van der Waals surface area (Å²) in [6.07, 6.45) is 0.467. The summed E-state index contributed by atoms with van der Waals surface area (Å²) < 4.78 is 6.98. The van der Waals surface area contributed by atoms with Crippen molar-refractivity contribution in [1.82, 2.24) is 14.8 Å². The van der Waals surface area contributed by atoms with Gasteiger partial charge in [-0.15, -0.1) is 5.10 Å². The molecule has 2 rings (SSSR count). The number of carbonyl (C=O) groups is 1. The van der Waals surface area contributed by atoms with E-state index in [1.807, 2.05) is 13.8 Å². The van der Waals surface area contributed by atoms with Crippen molar-refractivity contribution in [1.29, 1.82) is 0 Å². The molecule has 0 saturated carbocycles. The molecule has 8 heteroatoms. The fourth-order valence-electron chi connectivity index (χ4n) is 2.02. The zero-order valence-corrected chi connectivity index (χ0v) is 11.6. The summed E-state index contributed by atoms with van der Waals surface area (Å²) in [5.74, 6) is -0.313. The lowest BCUT2D eigenvalue weighted by molar-refractivity contribution is -0.148. The SMILES string of the molecule is CC(C)n1c(SCC2CCC(C(=O)O)O2)n[nH]c1=O. The number of aliphatic carboxylic acids is 1. The lowest BCUT2D eigenvalue weighted by Crippen LogP contribution is -2.22. The summed E-state index contributed by atoms with van der Waals surface area (Å²) in [6.45, 7) is 3.82. The minimum absolute atomic E-state index is 0.0324. The van der Waals surface area contributed by atoms with Crippen LogP contribution in [0.3, 0.4) is 0 Å². The first kappa shape index (κ1) is 14.1. The highest BCUT2D eigenvalue weighted by Gasteiger charge is 2.30. The van der Waals surface area contributed by atoms with Gasteiger partial charge >= 0.3 is 11.7 Å². The number of nitrogens with zero attached hydrogens (tertiary/aromatic N) is 2. The number of nitrogens with one attached hydrogen (secondary N) is 1. The first-order valence-electron chi connectivity index (χ1n) is 6.17. The van der Waals surface area contributed by atoms with E-state index in [9.17, 15) is 9.59 Å². The number of ether oxygens (including phenoxy) is 1. The molecule has 2 heterocycles. The Kier molecular flexibility index (Phi) is 4.31. The molecule has 0 spiro atoms. The van der Waals surface area contributed by atoms with Crippen molar-refractivity contribution in [3.63, 3.8) is 0 Å². The first-order valence-corrected chi connectivity index (χ1v) is 7.15. The monoisotopic (exact) mass is 287 g/mol. The lowest BCUT2D eigenvalue weighted by atomic mass is 10.2. The van der Waals surface area contributed by atoms with Gasteiger partial charge in [0.1, 0.15) is 0 Å². The summed E-state index contributed by atoms with van der Waals surface area (Å²) in [5.41, 5.74) is -0.228. The van der Waals surface area contributed by atoms with Crippen molar-refractivity contribution in [2.24, 2.45) is 0 Å². The number of hydrogen-bond donors (Lipinski definition) is 2. The highest BCUT2D eigenvalue weighted by atomic mass is 32.2. The molecular formula is C11H17N3O4S. The molecule has 0 amide bonds. The highest BCUT2D eigenvalue weighted by Crippen LogP contribution is 2.26. The van der Waals surface area contributed by atoms with Gasteiger partial charge in [0.15, 0.2) is 11.3 Å². The molecule has 1 aromatic heterocycles. The van der Waals surface area contributed by atoms with Gasteiger partial charge in [-0.2, -0.15) is 0 Å². The van der Waals surface area contributed by atoms with Gasteiger partial charge in [-0.3, -0.25) is 4.57 Å². The second-order valence-electron chi connectivity index (χ2n) is 4.75. The third-order valence-corrected chi connectivity index (χ3v) is 4.05. The molecule has 2 N–H and O–H groups in total. The lowest BCUT2D eigenvalue weighted by Gasteiger charge is -2.12. The van der Waals surface area contributed by atoms with E-state index in [0.717, 1.165) is 6.42 Å². The van der Waals surface area contributed by atoms with Crippen LogP contribution in [0.1, 0.15) is 32.7 Å². The molecule has 106 valence electrons. The van der Waals surface area contributed by atoms with Gasteiger partial charge in [-0.1, -0.05) is 11.8 Å². The molecule has 1 aliphatic heterocycles. The quantitative estimate of drug-likeness (QED) is 0.780. The molecule has 0 aromatic carbocycles. The Morgan fingerprint density at radius 2 is 2.37 bits per heavy atom. The predicted octanol–water partition coefficient (Wildman–Crippen LogP) is 0.877. The van der Waals surface area contributed by atoms with E-state index in [1.54, 1.807) is 4.57 Å². The van der Waals surface area contributed by atoms with E-state index in [0.29, 0.717) is 17.3 Å². The fraction of sp³-hybridized carbons (Fsp3) is 0.727. The highest BCUT2D eigenvalue weighted by molar-refractivity contribution is 7.99. The van der Waals surface area contributed by atoms with Crippen LogP contribution in [0, 0.1) is 0 Å². The molecule has 1 aromatic rings. The van der Waals surface area contributed by atoms with Crippen LogP contribution in [0.2, 0.25) is 0 Å². The van der Waals surface area contributed by atoms with Crippen LogP contribution in [-0.2, 0) is 9.53 Å². The van der Waals surface area contributed by atoms with Crippen molar-refractivity contribution in [3.05, 3.63) is 10.5 Å². The van der Waals surface area contributed by atoms with Gasteiger partial charge in [0.2, 0.25) is 0 Å². The van der Waals surface area contributed by atoms with E-state index in [4.69, 9.17) is 9.84 Å². The van der Waals surface area contributed by atoms with Crippen molar-refractivity contribution >= 4 is 17.7 Å². The molecule has 2 unspecified atom stereocenters. The summed E-state index contributed by atoms with van der Waals surface area (Å²) in [5, 5.41) is 15.8. The number of rotatable bonds is 5. The smallest absolute Gasteiger partial charge is 0.344 e. The standard InChI is InChI=1S/C11H17N3O4S/c1-6(2)14-10(17)12-13-11(14)19-5-7-3-4-8(18-7)9(15)16/h6-8H,3-5H2,1-2H3,(H,12,17)(H,15,16). The summed E-state index contributed by atoms with van der Waals surface area (Å²) in [4.78, 5) is 22.3. The van der Waals surface area contributed by atoms with Crippen LogP contribution < -0.4 is 5.69 Å². The summed E-state index contributed by atoms with van der Waals surface area (Å²) in [7, 11) is 0. The van der Waals surface area contributed by atoms with E-state index in [1.165, 1.54) is 11.8 Å². The minimum atomic E-state index is -0.911. The van der Waals surface area contributed by atoms with Crippen molar-refractivity contribution in [2.75, 3.05) is 5.75 Å². The Balaban J connectivity index is 1.93. The maximum atomic E-state index is 11.5. The Labute approximate surface area is 114 Å². The number of aromatic amines is 1. The van der Waals surface area contributed by atoms with Gasteiger partial charge in [0, 0.05) is 11.8 Å². The first-order chi connectivity index (χ1) is 8.99. The number of thioether (sulfide) groups is 1. The fourth-order valence-corrected chi connectivity index (χ4v) is 3.15. The van der Waals surface area contributed by atoms with Gasteiger partial charge in [0.25, 0.3) is 0 Å². The Hall–Kier alpha value is -1.28. The minimum Gasteiger partial charge on any atom is -0.479 e. The second kappa shape index (κ2) is 5.79. The van der Waals surface area contributed by atoms with Crippen LogP contribution >= 0.6 is 11.8 Å². The van der Waals surface area contributed by atoms with Crippen LogP contribution in [0.25, 0.3) is 0 Å². The Morgan fingerprint density at radius 3 is 2.95 bits per heavy atom. The normalized spacial score (nSPS) is 23.1. The van der Waals surface area contributed by atoms with Crippen LogP contribution in [0.5, 0.6) is 0 Å². The molecule has 1 fully saturated rings. The molecule has 2 atom stereocenters. The summed E-state index contributed by atoms with van der Waals surface area (Å²) >= 11 is 1.41. The molecule has 0 aliphatic carbocycles. The topological polar surface area (TPSA) is 97.2 Å². The maximum Gasteiger partial charge on any atom is 0.344 e. The van der Waals surface area contributed by atoms with Gasteiger partial charge in [-0.05, 0) is 26.7 Å². The zero-order chi connectivity index (χ0) is 14.0. The van der Waals surface area contributed by atoms with Crippen LogP contribution in [0.15, 0.2) is 9.95 Å². The van der Waals surface area contributed by atoms with E-state index < -0.39 is 12.1 Å². The third-order valence-electron chi connectivity index (χ3n) is 2.97. The van der Waals surface area contributed by atoms with Gasteiger partial charge in [0.05, 0.1) is 6.10 Å². The van der Waals surface area contributed by atoms with Crippen molar-refractivity contribution in [2.45, 2.75) is 50.1 Å². The third kappa shape index (κ3) is 3.19. The average molecular weight is 287 g/mol. The number of carboxylic acid groups (broad SMARTS) is 1. The van der Waals surface area contributed by atoms with E-state index >= 15 is 0 Å². The molecule has 1 saturated heterocycles. The Bertz CT molecular complexity index is 510. The second-order valence-corrected chi connectivity index (χ2v) is 5.74. The molecule has 7 nitrogen and oxygen atoms in total. The number of aromatic nitrogens is 3. The molecule has 1 aliphatic rings. The van der Waals surface area contributed by atoms with E-state index in [2.05, 4.69) is 10.2 Å². The van der Waals surface area contributed by atoms with Gasteiger partial charge < -0.3 is 9.84 Å². The van der Waals surface area contributed by atoms with Gasteiger partial charge in [-0.25, -0.2) is 14.7 Å².